The minimum atomic E-state index is -0.314. The highest BCUT2D eigenvalue weighted by Gasteiger charge is 2.18. The Bertz CT molecular complexity index is 188. The summed E-state index contributed by atoms with van der Waals surface area (Å²) in [7, 11) is 0. The highest BCUT2D eigenvalue weighted by Crippen LogP contribution is 2.03. The number of hydrogen-bond donors (Lipinski definition) is 0. The molecule has 12 heavy (non-hydrogen) atoms. The molecule has 1 atom stereocenters. The third-order valence-electron chi connectivity index (χ3n) is 1.86. The molecule has 4 heteroatoms. The second-order valence-corrected chi connectivity index (χ2v) is 2.74. The number of ether oxygens (including phenoxy) is 1. The third-order valence-corrected chi connectivity index (χ3v) is 1.86. The van der Waals surface area contributed by atoms with Crippen LogP contribution in [0, 0.1) is 11.3 Å². The van der Waals surface area contributed by atoms with Crippen molar-refractivity contribution in [3.8, 4) is 6.07 Å². The SMILES string of the molecule is N#CC1CN(CCC=O)CCO1. The maximum Gasteiger partial charge on any atom is 0.156 e. The van der Waals surface area contributed by atoms with Gasteiger partial charge in [0, 0.05) is 26.1 Å². The summed E-state index contributed by atoms with van der Waals surface area (Å²) in [5.41, 5.74) is 0. The van der Waals surface area contributed by atoms with Crippen molar-refractivity contribution < 1.29 is 9.53 Å². The minimum absolute atomic E-state index is 0.314. The van der Waals surface area contributed by atoms with Gasteiger partial charge in [-0.3, -0.25) is 4.90 Å². The van der Waals surface area contributed by atoms with Gasteiger partial charge in [0.15, 0.2) is 6.10 Å². The van der Waals surface area contributed by atoms with Crippen LogP contribution in [0.5, 0.6) is 0 Å². The average molecular weight is 168 g/mol. The topological polar surface area (TPSA) is 53.3 Å². The fourth-order valence-corrected chi connectivity index (χ4v) is 1.22. The van der Waals surface area contributed by atoms with Gasteiger partial charge in [-0.15, -0.1) is 0 Å². The second kappa shape index (κ2) is 4.86. The van der Waals surface area contributed by atoms with Gasteiger partial charge in [-0.2, -0.15) is 5.26 Å². The predicted molar refractivity (Wildman–Crippen MR) is 42.5 cm³/mol. The van der Waals surface area contributed by atoms with Crippen molar-refractivity contribution >= 4 is 6.29 Å². The van der Waals surface area contributed by atoms with Crippen molar-refractivity contribution in [3.05, 3.63) is 0 Å². The molecule has 1 heterocycles. The fourth-order valence-electron chi connectivity index (χ4n) is 1.22. The summed E-state index contributed by atoms with van der Waals surface area (Å²) in [5, 5.41) is 8.56. The van der Waals surface area contributed by atoms with Gasteiger partial charge in [0.1, 0.15) is 6.29 Å². The molecular formula is C8H12N2O2. The van der Waals surface area contributed by atoms with E-state index in [1.165, 1.54) is 0 Å². The first-order valence-corrected chi connectivity index (χ1v) is 4.04. The molecule has 0 spiro atoms. The highest BCUT2D eigenvalue weighted by atomic mass is 16.5. The molecule has 0 radical (unpaired) electrons. The number of carbonyl (C=O) groups is 1. The standard InChI is InChI=1S/C8H12N2O2/c9-6-8-7-10(2-1-4-11)3-5-12-8/h4,8H,1-3,5,7H2. The molecule has 1 fully saturated rings. The Morgan fingerprint density at radius 2 is 2.58 bits per heavy atom. The number of hydrogen-bond acceptors (Lipinski definition) is 4. The first kappa shape index (κ1) is 9.17. The van der Waals surface area contributed by atoms with Gasteiger partial charge in [0.05, 0.1) is 12.7 Å². The van der Waals surface area contributed by atoms with E-state index in [-0.39, 0.29) is 6.10 Å². The molecule has 0 aromatic heterocycles. The van der Waals surface area contributed by atoms with Crippen molar-refractivity contribution in [3.63, 3.8) is 0 Å². The van der Waals surface area contributed by atoms with E-state index in [2.05, 4.69) is 11.0 Å². The van der Waals surface area contributed by atoms with Crippen LogP contribution in [0.25, 0.3) is 0 Å². The van der Waals surface area contributed by atoms with E-state index < -0.39 is 0 Å². The van der Waals surface area contributed by atoms with Crippen molar-refractivity contribution in [2.24, 2.45) is 0 Å². The zero-order valence-corrected chi connectivity index (χ0v) is 6.90. The summed E-state index contributed by atoms with van der Waals surface area (Å²) >= 11 is 0. The molecular weight excluding hydrogens is 156 g/mol. The maximum atomic E-state index is 10.1. The van der Waals surface area contributed by atoms with E-state index in [0.29, 0.717) is 19.6 Å². The van der Waals surface area contributed by atoms with Crippen molar-refractivity contribution in [2.75, 3.05) is 26.2 Å². The minimum Gasteiger partial charge on any atom is -0.361 e. The quantitative estimate of drug-likeness (QED) is 0.548. The zero-order chi connectivity index (χ0) is 8.81. The van der Waals surface area contributed by atoms with Crippen LogP contribution in [0.15, 0.2) is 0 Å². The van der Waals surface area contributed by atoms with Crippen LogP contribution in [0.4, 0.5) is 0 Å². The van der Waals surface area contributed by atoms with E-state index in [4.69, 9.17) is 10.00 Å². The number of morpholine rings is 1. The van der Waals surface area contributed by atoms with Crippen molar-refractivity contribution in [2.45, 2.75) is 12.5 Å². The van der Waals surface area contributed by atoms with Crippen LogP contribution in [0.1, 0.15) is 6.42 Å². The summed E-state index contributed by atoms with van der Waals surface area (Å²) in [4.78, 5) is 12.2. The van der Waals surface area contributed by atoms with E-state index in [1.54, 1.807) is 0 Å². The van der Waals surface area contributed by atoms with E-state index in [1.807, 2.05) is 0 Å². The van der Waals surface area contributed by atoms with E-state index >= 15 is 0 Å². The molecule has 0 amide bonds. The van der Waals surface area contributed by atoms with E-state index in [9.17, 15) is 4.79 Å². The van der Waals surface area contributed by atoms with Crippen LogP contribution in [-0.4, -0.2) is 43.5 Å². The maximum absolute atomic E-state index is 10.1. The molecule has 0 aromatic carbocycles. The molecule has 0 saturated carbocycles. The zero-order valence-electron chi connectivity index (χ0n) is 6.90. The molecule has 4 nitrogen and oxygen atoms in total. The molecule has 0 N–H and O–H groups in total. The van der Waals surface area contributed by atoms with Gasteiger partial charge < -0.3 is 9.53 Å². The molecule has 0 aromatic rings. The van der Waals surface area contributed by atoms with Gasteiger partial charge in [-0.05, 0) is 0 Å². The summed E-state index contributed by atoms with van der Waals surface area (Å²) in [6.07, 6.45) is 1.13. The number of nitrogens with zero attached hydrogens (tertiary/aromatic N) is 2. The van der Waals surface area contributed by atoms with Crippen molar-refractivity contribution in [1.82, 2.24) is 4.90 Å². The molecule has 1 saturated heterocycles. The molecule has 1 unspecified atom stereocenters. The monoisotopic (exact) mass is 168 g/mol. The summed E-state index contributed by atoms with van der Waals surface area (Å²) in [5.74, 6) is 0. The molecule has 66 valence electrons. The Hall–Kier alpha value is -0.920. The number of aldehydes is 1. The first-order chi connectivity index (χ1) is 5.86. The molecule has 0 aliphatic carbocycles. The summed E-state index contributed by atoms with van der Waals surface area (Å²) in [6.45, 7) is 2.79. The van der Waals surface area contributed by atoms with Gasteiger partial charge in [0.25, 0.3) is 0 Å². The molecule has 1 aliphatic heterocycles. The van der Waals surface area contributed by atoms with Gasteiger partial charge in [0.2, 0.25) is 0 Å². The molecule has 0 bridgehead atoms. The summed E-state index contributed by atoms with van der Waals surface area (Å²) in [6, 6.07) is 2.06. The van der Waals surface area contributed by atoms with Crippen LogP contribution in [0.3, 0.4) is 0 Å². The number of rotatable bonds is 3. The molecule has 1 aliphatic rings. The van der Waals surface area contributed by atoms with Gasteiger partial charge >= 0.3 is 0 Å². The lowest BCUT2D eigenvalue weighted by Gasteiger charge is -2.28. The number of carbonyl (C=O) groups excluding carboxylic acids is 1. The lowest BCUT2D eigenvalue weighted by molar-refractivity contribution is -0.108. The van der Waals surface area contributed by atoms with Crippen LogP contribution >= 0.6 is 0 Å². The third kappa shape index (κ3) is 2.61. The second-order valence-electron chi connectivity index (χ2n) is 2.74. The Morgan fingerprint density at radius 3 is 3.25 bits per heavy atom. The van der Waals surface area contributed by atoms with Crippen LogP contribution < -0.4 is 0 Å². The van der Waals surface area contributed by atoms with Gasteiger partial charge in [-0.25, -0.2) is 0 Å². The smallest absolute Gasteiger partial charge is 0.156 e. The Kier molecular flexibility index (Phi) is 3.71. The first-order valence-electron chi connectivity index (χ1n) is 4.04. The van der Waals surface area contributed by atoms with Crippen LogP contribution in [-0.2, 0) is 9.53 Å². The van der Waals surface area contributed by atoms with Crippen LogP contribution in [0.2, 0.25) is 0 Å². The normalized spacial score (nSPS) is 24.8. The van der Waals surface area contributed by atoms with Crippen molar-refractivity contribution in [1.29, 1.82) is 5.26 Å². The lowest BCUT2D eigenvalue weighted by atomic mass is 10.3. The average Bonchev–Trinajstić information content (AvgIpc) is 2.15. The Labute approximate surface area is 71.7 Å². The Morgan fingerprint density at radius 1 is 1.75 bits per heavy atom. The summed E-state index contributed by atoms with van der Waals surface area (Å²) < 4.78 is 5.15. The fraction of sp³-hybridized carbons (Fsp3) is 0.750. The predicted octanol–water partition coefficient (Wildman–Crippen LogP) is -0.200. The highest BCUT2D eigenvalue weighted by molar-refractivity contribution is 5.49. The Balaban J connectivity index is 2.26. The number of nitriles is 1. The van der Waals surface area contributed by atoms with Gasteiger partial charge in [-0.1, -0.05) is 0 Å². The largest absolute Gasteiger partial charge is 0.361 e. The molecule has 1 rings (SSSR count). The lowest BCUT2D eigenvalue weighted by Crippen LogP contribution is -2.42. The van der Waals surface area contributed by atoms with E-state index in [0.717, 1.165) is 19.4 Å².